The second-order valence-electron chi connectivity index (χ2n) is 4.73. The maximum absolute atomic E-state index is 12.1. The van der Waals surface area contributed by atoms with E-state index in [9.17, 15) is 4.79 Å². The summed E-state index contributed by atoms with van der Waals surface area (Å²) in [6, 6.07) is 7.63. The van der Waals surface area contributed by atoms with Crippen LogP contribution in [0.3, 0.4) is 0 Å². The van der Waals surface area contributed by atoms with E-state index in [0.29, 0.717) is 17.9 Å². The fourth-order valence-corrected chi connectivity index (χ4v) is 2.63. The summed E-state index contributed by atoms with van der Waals surface area (Å²) in [5.41, 5.74) is 3.25. The number of fused-ring (bicyclic) bond motifs is 3. The van der Waals surface area contributed by atoms with E-state index >= 15 is 0 Å². The topological polar surface area (TPSA) is 38.7 Å². The smallest absolute Gasteiger partial charge is 0.169 e. The number of ether oxygens (including phenoxy) is 1. The highest BCUT2D eigenvalue weighted by Gasteiger charge is 2.31. The molecule has 0 saturated carbocycles. The number of carbonyl (C=O) groups is 1. The maximum Gasteiger partial charge on any atom is 0.169 e. The summed E-state index contributed by atoms with van der Waals surface area (Å²) < 4.78 is 5.85. The van der Waals surface area contributed by atoms with Crippen molar-refractivity contribution in [3.63, 3.8) is 0 Å². The van der Waals surface area contributed by atoms with Crippen molar-refractivity contribution in [2.24, 2.45) is 4.99 Å². The molecular weight excluding hydrogens is 238 g/mol. The van der Waals surface area contributed by atoms with E-state index in [4.69, 9.17) is 4.74 Å². The molecular formula is C16H11NO2. The molecule has 0 radical (unpaired) electrons. The number of Topliss-reactive ketones (excluding diaryl/α,β-unsaturated/α-hetero) is 1. The zero-order valence-corrected chi connectivity index (χ0v) is 10.2. The third kappa shape index (κ3) is 1.51. The van der Waals surface area contributed by atoms with Crippen LogP contribution in [-0.2, 0) is 4.79 Å². The van der Waals surface area contributed by atoms with Crippen molar-refractivity contribution >= 4 is 17.2 Å². The highest BCUT2D eigenvalue weighted by Crippen LogP contribution is 2.38. The molecule has 3 aliphatic rings. The van der Waals surface area contributed by atoms with Gasteiger partial charge in [-0.3, -0.25) is 4.79 Å². The van der Waals surface area contributed by atoms with Gasteiger partial charge in [0.05, 0.1) is 5.57 Å². The van der Waals surface area contributed by atoms with E-state index in [2.05, 4.69) is 4.99 Å². The number of allylic oxidation sites excluding steroid dienone is 5. The van der Waals surface area contributed by atoms with Gasteiger partial charge >= 0.3 is 0 Å². The minimum Gasteiger partial charge on any atom is -0.453 e. The van der Waals surface area contributed by atoms with Crippen LogP contribution in [0.4, 0.5) is 5.69 Å². The highest BCUT2D eigenvalue weighted by atomic mass is 16.5. The van der Waals surface area contributed by atoms with Crippen LogP contribution in [0.15, 0.2) is 64.4 Å². The van der Waals surface area contributed by atoms with Gasteiger partial charge < -0.3 is 4.74 Å². The number of rotatable bonds is 0. The normalized spacial score (nSPS) is 19.9. The lowest BCUT2D eigenvalue weighted by molar-refractivity contribution is -0.114. The molecule has 1 heterocycles. The van der Waals surface area contributed by atoms with Crippen LogP contribution in [0.25, 0.3) is 0 Å². The third-order valence-corrected chi connectivity index (χ3v) is 3.52. The molecule has 2 aliphatic carbocycles. The fraction of sp³-hybridized carbons (Fsp3) is 0.125. The summed E-state index contributed by atoms with van der Waals surface area (Å²) in [6.07, 6.45) is 7.11. The van der Waals surface area contributed by atoms with E-state index in [-0.39, 0.29) is 5.78 Å². The van der Waals surface area contributed by atoms with E-state index in [1.54, 1.807) is 0 Å². The van der Waals surface area contributed by atoms with Crippen LogP contribution in [-0.4, -0.2) is 11.5 Å². The SMILES string of the molecule is O=C1CC=CC2=C1C1=Nc3ccccc3OC1=CC2. The number of nitrogens with zero attached hydrogens (tertiary/aromatic N) is 1. The Hall–Kier alpha value is -2.42. The van der Waals surface area contributed by atoms with Gasteiger partial charge in [0.15, 0.2) is 11.5 Å². The van der Waals surface area contributed by atoms with Crippen LogP contribution < -0.4 is 4.74 Å². The number of para-hydroxylation sites is 2. The van der Waals surface area contributed by atoms with Gasteiger partial charge in [0.25, 0.3) is 0 Å². The number of benzene rings is 1. The van der Waals surface area contributed by atoms with Crippen molar-refractivity contribution in [2.75, 3.05) is 0 Å². The number of aliphatic imine (C=N–C) groups is 1. The van der Waals surface area contributed by atoms with Crippen LogP contribution >= 0.6 is 0 Å². The highest BCUT2D eigenvalue weighted by molar-refractivity contribution is 6.31. The van der Waals surface area contributed by atoms with Gasteiger partial charge in [0, 0.05) is 6.42 Å². The molecule has 0 fully saturated rings. The summed E-state index contributed by atoms with van der Waals surface area (Å²) in [6.45, 7) is 0. The summed E-state index contributed by atoms with van der Waals surface area (Å²) in [5.74, 6) is 1.59. The molecule has 0 bridgehead atoms. The Morgan fingerprint density at radius 1 is 1.16 bits per heavy atom. The fourth-order valence-electron chi connectivity index (χ4n) is 2.63. The van der Waals surface area contributed by atoms with Crippen molar-refractivity contribution < 1.29 is 9.53 Å². The zero-order valence-electron chi connectivity index (χ0n) is 10.2. The predicted molar refractivity (Wildman–Crippen MR) is 72.7 cm³/mol. The molecule has 0 saturated heterocycles. The molecule has 1 aromatic rings. The predicted octanol–water partition coefficient (Wildman–Crippen LogP) is 3.26. The lowest BCUT2D eigenvalue weighted by Gasteiger charge is -2.26. The molecule has 1 aromatic carbocycles. The summed E-state index contributed by atoms with van der Waals surface area (Å²) >= 11 is 0. The summed E-state index contributed by atoms with van der Waals surface area (Å²) in [4.78, 5) is 16.7. The molecule has 92 valence electrons. The van der Waals surface area contributed by atoms with E-state index < -0.39 is 0 Å². The van der Waals surface area contributed by atoms with E-state index in [1.165, 1.54) is 0 Å². The average Bonchev–Trinajstić information content (AvgIpc) is 2.45. The number of carbonyl (C=O) groups excluding carboxylic acids is 1. The lowest BCUT2D eigenvalue weighted by Crippen LogP contribution is -2.25. The van der Waals surface area contributed by atoms with Gasteiger partial charge in [0.2, 0.25) is 0 Å². The van der Waals surface area contributed by atoms with Crippen molar-refractivity contribution in [1.82, 2.24) is 0 Å². The van der Waals surface area contributed by atoms with Gasteiger partial charge in [-0.2, -0.15) is 0 Å². The molecule has 3 heteroatoms. The van der Waals surface area contributed by atoms with E-state index in [1.807, 2.05) is 42.5 Å². The molecule has 0 aromatic heterocycles. The lowest BCUT2D eigenvalue weighted by atomic mass is 9.86. The maximum atomic E-state index is 12.1. The number of hydrogen-bond donors (Lipinski definition) is 0. The first-order valence-electron chi connectivity index (χ1n) is 6.32. The molecule has 4 rings (SSSR count). The van der Waals surface area contributed by atoms with Gasteiger partial charge in [-0.15, -0.1) is 0 Å². The summed E-state index contributed by atoms with van der Waals surface area (Å²) in [5, 5.41) is 0. The van der Waals surface area contributed by atoms with Gasteiger partial charge in [-0.1, -0.05) is 24.3 Å². The van der Waals surface area contributed by atoms with Gasteiger partial charge in [-0.05, 0) is 30.2 Å². The van der Waals surface area contributed by atoms with Crippen LogP contribution in [0.5, 0.6) is 5.75 Å². The first kappa shape index (κ1) is 10.5. The quantitative estimate of drug-likeness (QED) is 0.707. The van der Waals surface area contributed by atoms with Crippen LogP contribution in [0.2, 0.25) is 0 Å². The Morgan fingerprint density at radius 2 is 2.05 bits per heavy atom. The minimum absolute atomic E-state index is 0.129. The molecule has 0 amide bonds. The monoisotopic (exact) mass is 249 g/mol. The third-order valence-electron chi connectivity index (χ3n) is 3.52. The Labute approximate surface area is 110 Å². The number of hydrogen-bond acceptors (Lipinski definition) is 3. The molecule has 3 nitrogen and oxygen atoms in total. The summed E-state index contributed by atoms with van der Waals surface area (Å²) in [7, 11) is 0. The largest absolute Gasteiger partial charge is 0.453 e. The van der Waals surface area contributed by atoms with Crippen molar-refractivity contribution in [1.29, 1.82) is 0 Å². The molecule has 0 unspecified atom stereocenters. The molecule has 0 atom stereocenters. The molecule has 0 N–H and O–H groups in total. The van der Waals surface area contributed by atoms with Gasteiger partial charge in [0.1, 0.15) is 17.2 Å². The average molecular weight is 249 g/mol. The first-order valence-corrected chi connectivity index (χ1v) is 6.32. The van der Waals surface area contributed by atoms with Crippen molar-refractivity contribution in [3.8, 4) is 5.75 Å². The Balaban J connectivity index is 1.93. The van der Waals surface area contributed by atoms with Gasteiger partial charge in [-0.25, -0.2) is 4.99 Å². The molecule has 1 aliphatic heterocycles. The van der Waals surface area contributed by atoms with Crippen molar-refractivity contribution in [3.05, 3.63) is 59.4 Å². The second kappa shape index (κ2) is 3.79. The van der Waals surface area contributed by atoms with E-state index in [0.717, 1.165) is 29.0 Å². The zero-order chi connectivity index (χ0) is 12.8. The Morgan fingerprint density at radius 3 is 3.00 bits per heavy atom. The minimum atomic E-state index is 0.129. The molecule has 0 spiro atoms. The Kier molecular flexibility index (Phi) is 2.09. The second-order valence-corrected chi connectivity index (χ2v) is 4.73. The first-order chi connectivity index (χ1) is 9.33. The standard InChI is InChI=1S/C16H11NO2/c18-12-6-3-4-10-8-9-14-16(15(10)12)17-11-5-1-2-7-13(11)19-14/h1-5,7,9H,6,8H2. The van der Waals surface area contributed by atoms with Crippen LogP contribution in [0, 0.1) is 0 Å². The van der Waals surface area contributed by atoms with Crippen LogP contribution in [0.1, 0.15) is 12.8 Å². The molecule has 19 heavy (non-hydrogen) atoms. The number of ketones is 1. The van der Waals surface area contributed by atoms with Crippen molar-refractivity contribution in [2.45, 2.75) is 12.8 Å². The Bertz CT molecular complexity index is 720.